The summed E-state index contributed by atoms with van der Waals surface area (Å²) < 4.78 is 5.75. The summed E-state index contributed by atoms with van der Waals surface area (Å²) in [6.45, 7) is 4.12. The van der Waals surface area contributed by atoms with Crippen LogP contribution in [0.25, 0.3) is 0 Å². The first-order valence-corrected chi connectivity index (χ1v) is 6.38. The average Bonchev–Trinajstić information content (AvgIpc) is 2.40. The minimum atomic E-state index is 0.452. The van der Waals surface area contributed by atoms with Crippen molar-refractivity contribution in [3.05, 3.63) is 46.9 Å². The maximum atomic E-state index is 6.01. The summed E-state index contributed by atoms with van der Waals surface area (Å²) >= 11 is 6.01. The predicted octanol–water partition coefficient (Wildman–Crippen LogP) is 4.05. The molecule has 18 heavy (non-hydrogen) atoms. The van der Waals surface area contributed by atoms with Crippen LogP contribution in [-0.4, -0.2) is 9.97 Å². The van der Waals surface area contributed by atoms with Crippen molar-refractivity contribution in [1.29, 1.82) is 0 Å². The van der Waals surface area contributed by atoms with Crippen LogP contribution < -0.4 is 4.74 Å². The van der Waals surface area contributed by atoms with Gasteiger partial charge in [0.1, 0.15) is 17.2 Å². The number of halogens is 1. The molecule has 0 fully saturated rings. The normalized spacial score (nSPS) is 10.4. The van der Waals surface area contributed by atoms with Gasteiger partial charge in [-0.05, 0) is 30.5 Å². The minimum Gasteiger partial charge on any atom is -0.439 e. The van der Waals surface area contributed by atoms with Gasteiger partial charge in [-0.3, -0.25) is 0 Å². The fourth-order valence-corrected chi connectivity index (χ4v) is 1.92. The lowest BCUT2D eigenvalue weighted by Crippen LogP contribution is -1.96. The molecule has 94 valence electrons. The van der Waals surface area contributed by atoms with Gasteiger partial charge in [0.15, 0.2) is 0 Å². The first kappa shape index (κ1) is 12.8. The van der Waals surface area contributed by atoms with Gasteiger partial charge in [0.25, 0.3) is 0 Å². The minimum absolute atomic E-state index is 0.452. The highest BCUT2D eigenvalue weighted by Gasteiger charge is 2.09. The maximum absolute atomic E-state index is 6.01. The van der Waals surface area contributed by atoms with E-state index in [0.717, 1.165) is 24.2 Å². The van der Waals surface area contributed by atoms with Crippen LogP contribution in [0.1, 0.15) is 25.0 Å². The molecule has 0 N–H and O–H groups in total. The Hall–Kier alpha value is -1.61. The van der Waals surface area contributed by atoms with Crippen molar-refractivity contribution in [2.24, 2.45) is 0 Å². The van der Waals surface area contributed by atoms with Gasteiger partial charge in [0.05, 0.1) is 5.56 Å². The lowest BCUT2D eigenvalue weighted by molar-refractivity contribution is 0.455. The smallest absolute Gasteiger partial charge is 0.226 e. The number of hydrogen-bond donors (Lipinski definition) is 0. The fourth-order valence-electron chi connectivity index (χ4n) is 1.67. The topological polar surface area (TPSA) is 35.0 Å². The summed E-state index contributed by atoms with van der Waals surface area (Å²) in [5.74, 6) is 1.29. The van der Waals surface area contributed by atoms with E-state index in [1.807, 2.05) is 31.2 Å². The molecule has 4 heteroatoms. The molecule has 2 aromatic rings. The zero-order chi connectivity index (χ0) is 13.0. The highest BCUT2D eigenvalue weighted by atomic mass is 35.5. The van der Waals surface area contributed by atoms with Gasteiger partial charge in [0, 0.05) is 0 Å². The Bertz CT molecular complexity index is 526. The molecule has 0 aliphatic heterocycles. The van der Waals surface area contributed by atoms with Crippen LogP contribution in [0.2, 0.25) is 5.15 Å². The van der Waals surface area contributed by atoms with Crippen LogP contribution in [0, 0.1) is 0 Å². The van der Waals surface area contributed by atoms with E-state index in [4.69, 9.17) is 16.3 Å². The van der Waals surface area contributed by atoms with E-state index in [2.05, 4.69) is 16.9 Å². The zero-order valence-corrected chi connectivity index (χ0v) is 11.2. The molecule has 1 aromatic carbocycles. The SMILES string of the molecule is CCc1ccc(Oc2ncnc(Cl)c2CC)cc1. The Morgan fingerprint density at radius 2 is 1.78 bits per heavy atom. The fraction of sp³-hybridized carbons (Fsp3) is 0.286. The lowest BCUT2D eigenvalue weighted by atomic mass is 10.2. The third-order valence-corrected chi connectivity index (χ3v) is 3.08. The molecule has 0 saturated heterocycles. The first-order chi connectivity index (χ1) is 8.74. The molecule has 0 radical (unpaired) electrons. The highest BCUT2D eigenvalue weighted by Crippen LogP contribution is 2.27. The van der Waals surface area contributed by atoms with Crippen molar-refractivity contribution >= 4 is 11.6 Å². The Labute approximate surface area is 112 Å². The van der Waals surface area contributed by atoms with Gasteiger partial charge in [-0.15, -0.1) is 0 Å². The third kappa shape index (κ3) is 2.79. The number of hydrogen-bond acceptors (Lipinski definition) is 3. The van der Waals surface area contributed by atoms with E-state index in [-0.39, 0.29) is 0 Å². The second kappa shape index (κ2) is 5.83. The quantitative estimate of drug-likeness (QED) is 0.780. The van der Waals surface area contributed by atoms with E-state index >= 15 is 0 Å². The highest BCUT2D eigenvalue weighted by molar-refractivity contribution is 6.30. The molecule has 0 spiro atoms. The van der Waals surface area contributed by atoms with Crippen LogP contribution in [-0.2, 0) is 12.8 Å². The van der Waals surface area contributed by atoms with Crippen LogP contribution in [0.3, 0.4) is 0 Å². The Balaban J connectivity index is 2.25. The molecule has 0 amide bonds. The second-order valence-corrected chi connectivity index (χ2v) is 4.26. The molecule has 2 rings (SSSR count). The monoisotopic (exact) mass is 262 g/mol. The number of nitrogens with zero attached hydrogens (tertiary/aromatic N) is 2. The van der Waals surface area contributed by atoms with E-state index in [9.17, 15) is 0 Å². The summed E-state index contributed by atoms with van der Waals surface area (Å²) in [5, 5.41) is 0.452. The largest absolute Gasteiger partial charge is 0.439 e. The van der Waals surface area contributed by atoms with Crippen molar-refractivity contribution in [2.75, 3.05) is 0 Å². The summed E-state index contributed by atoms with van der Waals surface area (Å²) in [6.07, 6.45) is 3.17. The number of benzene rings is 1. The van der Waals surface area contributed by atoms with E-state index in [0.29, 0.717) is 11.0 Å². The van der Waals surface area contributed by atoms with Crippen molar-refractivity contribution < 1.29 is 4.74 Å². The molecule has 0 saturated carbocycles. The van der Waals surface area contributed by atoms with Crippen LogP contribution in [0.15, 0.2) is 30.6 Å². The standard InChI is InChI=1S/C14H15ClN2O/c1-3-10-5-7-11(8-6-10)18-14-12(4-2)13(15)16-9-17-14/h5-9H,3-4H2,1-2H3. The van der Waals surface area contributed by atoms with Crippen molar-refractivity contribution in [2.45, 2.75) is 26.7 Å². The summed E-state index contributed by atoms with van der Waals surface area (Å²) in [7, 11) is 0. The molecule has 1 heterocycles. The van der Waals surface area contributed by atoms with Crippen molar-refractivity contribution in [1.82, 2.24) is 9.97 Å². The Kier molecular flexibility index (Phi) is 4.15. The molecule has 0 aliphatic rings. The van der Waals surface area contributed by atoms with Gasteiger partial charge in [0.2, 0.25) is 5.88 Å². The van der Waals surface area contributed by atoms with Crippen molar-refractivity contribution in [3.8, 4) is 11.6 Å². The third-order valence-electron chi connectivity index (χ3n) is 2.75. The first-order valence-electron chi connectivity index (χ1n) is 6.00. The lowest BCUT2D eigenvalue weighted by Gasteiger charge is -2.09. The van der Waals surface area contributed by atoms with Crippen LogP contribution in [0.4, 0.5) is 0 Å². The summed E-state index contributed by atoms with van der Waals surface area (Å²) in [5.41, 5.74) is 2.11. The molecular formula is C14H15ClN2O. The summed E-state index contributed by atoms with van der Waals surface area (Å²) in [6, 6.07) is 7.97. The molecule has 0 bridgehead atoms. The maximum Gasteiger partial charge on any atom is 0.226 e. The van der Waals surface area contributed by atoms with Crippen LogP contribution in [0.5, 0.6) is 11.6 Å². The Morgan fingerprint density at radius 3 is 2.39 bits per heavy atom. The van der Waals surface area contributed by atoms with E-state index in [1.54, 1.807) is 0 Å². The molecular weight excluding hydrogens is 248 g/mol. The number of ether oxygens (including phenoxy) is 1. The number of aromatic nitrogens is 2. The average molecular weight is 263 g/mol. The number of rotatable bonds is 4. The van der Waals surface area contributed by atoms with Gasteiger partial charge in [-0.25, -0.2) is 9.97 Å². The zero-order valence-electron chi connectivity index (χ0n) is 10.5. The second-order valence-electron chi connectivity index (χ2n) is 3.90. The molecule has 3 nitrogen and oxygen atoms in total. The van der Waals surface area contributed by atoms with E-state index in [1.165, 1.54) is 11.9 Å². The van der Waals surface area contributed by atoms with Gasteiger partial charge in [-0.1, -0.05) is 37.6 Å². The molecule has 0 atom stereocenters. The predicted molar refractivity (Wildman–Crippen MR) is 72.3 cm³/mol. The summed E-state index contributed by atoms with van der Waals surface area (Å²) in [4.78, 5) is 8.08. The van der Waals surface area contributed by atoms with Gasteiger partial charge >= 0.3 is 0 Å². The van der Waals surface area contributed by atoms with Gasteiger partial charge < -0.3 is 4.74 Å². The number of aryl methyl sites for hydroxylation is 1. The van der Waals surface area contributed by atoms with Gasteiger partial charge in [-0.2, -0.15) is 0 Å². The molecule has 1 aromatic heterocycles. The molecule has 0 unspecified atom stereocenters. The van der Waals surface area contributed by atoms with E-state index < -0.39 is 0 Å². The molecule has 0 aliphatic carbocycles. The van der Waals surface area contributed by atoms with Crippen molar-refractivity contribution in [3.63, 3.8) is 0 Å². The Morgan fingerprint density at radius 1 is 1.06 bits per heavy atom. The van der Waals surface area contributed by atoms with Crippen LogP contribution >= 0.6 is 11.6 Å².